The molecule has 2 rings (SSSR count). The molecule has 0 saturated heterocycles. The minimum atomic E-state index is -3.93. The maximum Gasteiger partial charge on any atom is 0.297 e. The molecule has 1 fully saturated rings. The van der Waals surface area contributed by atoms with Crippen LogP contribution >= 0.6 is 0 Å². The number of benzene rings is 1. The van der Waals surface area contributed by atoms with Crippen LogP contribution in [0.4, 0.5) is 0 Å². The predicted octanol–water partition coefficient (Wildman–Crippen LogP) is 4.88. The van der Waals surface area contributed by atoms with Crippen molar-refractivity contribution in [2.45, 2.75) is 78.0 Å². The van der Waals surface area contributed by atoms with Gasteiger partial charge in [-0.15, -0.1) is 0 Å². The molecule has 0 N–H and O–H groups in total. The Balaban J connectivity index is 2.02. The smallest absolute Gasteiger partial charge is 0.297 e. The third-order valence-electron chi connectivity index (χ3n) is 5.59. The van der Waals surface area contributed by atoms with Gasteiger partial charge in [0, 0.05) is 6.42 Å². The summed E-state index contributed by atoms with van der Waals surface area (Å²) < 4.78 is 30.3. The summed E-state index contributed by atoms with van der Waals surface area (Å²) in [5.41, 5.74) is 2.19. The average molecular weight is 381 g/mol. The van der Waals surface area contributed by atoms with Crippen LogP contribution in [0.3, 0.4) is 0 Å². The molecule has 1 aliphatic carbocycles. The molecule has 0 heterocycles. The molecular formula is C21H32O4S. The molecule has 4 nitrogen and oxygen atoms in total. The fourth-order valence-electron chi connectivity index (χ4n) is 4.35. The number of carbonyl (C=O) groups is 1. The Hall–Kier alpha value is -1.20. The van der Waals surface area contributed by atoms with Crippen molar-refractivity contribution in [3.63, 3.8) is 0 Å². The summed E-state index contributed by atoms with van der Waals surface area (Å²) in [7, 11) is -3.93. The van der Waals surface area contributed by atoms with E-state index in [1.54, 1.807) is 13.8 Å². The van der Waals surface area contributed by atoms with Crippen molar-refractivity contribution in [3.8, 4) is 0 Å². The standard InChI is InChI=1S/C21H32O4S/c1-15-11-16(2)20(17(3)12-15)26(23,24)25-14-19(22)13-21(4,5)18-9-7-6-8-10-18/h11-12,18H,6-10,13-14H2,1-5H3. The number of ketones is 1. The molecule has 1 aromatic rings. The average Bonchev–Trinajstić information content (AvgIpc) is 2.52. The second-order valence-electron chi connectivity index (χ2n) is 8.48. The van der Waals surface area contributed by atoms with Crippen LogP contribution in [0.2, 0.25) is 0 Å². The number of rotatable bonds is 7. The second-order valence-corrected chi connectivity index (χ2v) is 10.0. The Bertz CT molecular complexity index is 733. The van der Waals surface area contributed by atoms with Gasteiger partial charge in [0.1, 0.15) is 6.61 Å². The van der Waals surface area contributed by atoms with Crippen LogP contribution in [-0.4, -0.2) is 20.8 Å². The lowest BCUT2D eigenvalue weighted by molar-refractivity contribution is -0.123. The largest absolute Gasteiger partial charge is 0.297 e. The van der Waals surface area contributed by atoms with Gasteiger partial charge in [-0.2, -0.15) is 8.42 Å². The molecule has 1 aliphatic rings. The molecule has 0 unspecified atom stereocenters. The third-order valence-corrected chi connectivity index (χ3v) is 7.16. The van der Waals surface area contributed by atoms with Crippen molar-refractivity contribution >= 4 is 15.9 Å². The van der Waals surface area contributed by atoms with Crippen molar-refractivity contribution in [1.82, 2.24) is 0 Å². The van der Waals surface area contributed by atoms with E-state index >= 15 is 0 Å². The fourth-order valence-corrected chi connectivity index (χ4v) is 5.66. The Labute approximate surface area is 158 Å². The molecule has 0 radical (unpaired) electrons. The topological polar surface area (TPSA) is 60.4 Å². The van der Waals surface area contributed by atoms with Crippen LogP contribution in [0, 0.1) is 32.1 Å². The summed E-state index contributed by atoms with van der Waals surface area (Å²) in [6.07, 6.45) is 6.39. The van der Waals surface area contributed by atoms with Crippen molar-refractivity contribution in [3.05, 3.63) is 28.8 Å². The van der Waals surface area contributed by atoms with E-state index in [9.17, 15) is 13.2 Å². The summed E-state index contributed by atoms with van der Waals surface area (Å²) in [5.74, 6) is 0.380. The molecule has 0 bridgehead atoms. The van der Waals surface area contributed by atoms with E-state index in [1.165, 1.54) is 19.3 Å². The van der Waals surface area contributed by atoms with Gasteiger partial charge in [0.15, 0.2) is 5.78 Å². The SMILES string of the molecule is Cc1cc(C)c(S(=O)(=O)OCC(=O)CC(C)(C)C2CCCCC2)c(C)c1. The summed E-state index contributed by atoms with van der Waals surface area (Å²) in [6, 6.07) is 3.63. The molecule has 26 heavy (non-hydrogen) atoms. The quantitative estimate of drug-likeness (QED) is 0.632. The Morgan fingerprint density at radius 2 is 1.62 bits per heavy atom. The van der Waals surface area contributed by atoms with Gasteiger partial charge in [0.25, 0.3) is 10.1 Å². The van der Waals surface area contributed by atoms with Gasteiger partial charge in [-0.25, -0.2) is 0 Å². The van der Waals surface area contributed by atoms with Crippen molar-refractivity contribution in [1.29, 1.82) is 0 Å². The highest BCUT2D eigenvalue weighted by molar-refractivity contribution is 7.86. The van der Waals surface area contributed by atoms with Gasteiger partial charge >= 0.3 is 0 Å². The van der Waals surface area contributed by atoms with E-state index in [2.05, 4.69) is 13.8 Å². The van der Waals surface area contributed by atoms with Gasteiger partial charge in [-0.05, 0) is 56.1 Å². The molecule has 0 aromatic heterocycles. The fraction of sp³-hybridized carbons (Fsp3) is 0.667. The first-order valence-electron chi connectivity index (χ1n) is 9.52. The van der Waals surface area contributed by atoms with E-state index in [1.807, 2.05) is 19.1 Å². The van der Waals surface area contributed by atoms with Crippen LogP contribution in [0.15, 0.2) is 17.0 Å². The first-order chi connectivity index (χ1) is 12.0. The molecule has 1 saturated carbocycles. The normalized spacial score (nSPS) is 16.7. The van der Waals surface area contributed by atoms with Crippen molar-refractivity contribution in [2.75, 3.05) is 6.61 Å². The Morgan fingerprint density at radius 3 is 2.15 bits per heavy atom. The molecule has 146 valence electrons. The highest BCUT2D eigenvalue weighted by Crippen LogP contribution is 2.40. The van der Waals surface area contributed by atoms with E-state index in [4.69, 9.17) is 4.18 Å². The minimum absolute atomic E-state index is 0.111. The summed E-state index contributed by atoms with van der Waals surface area (Å²) in [5, 5.41) is 0. The lowest BCUT2D eigenvalue weighted by Gasteiger charge is -2.36. The third kappa shape index (κ3) is 5.17. The van der Waals surface area contributed by atoms with Gasteiger partial charge in [0.2, 0.25) is 0 Å². The van der Waals surface area contributed by atoms with E-state index < -0.39 is 10.1 Å². The Kier molecular flexibility index (Phi) is 6.67. The highest BCUT2D eigenvalue weighted by atomic mass is 32.2. The first kappa shape index (κ1) is 21.1. The van der Waals surface area contributed by atoms with Crippen LogP contribution in [-0.2, 0) is 19.1 Å². The van der Waals surface area contributed by atoms with Crippen molar-refractivity contribution < 1.29 is 17.4 Å². The number of aryl methyl sites for hydroxylation is 3. The van der Waals surface area contributed by atoms with E-state index in [-0.39, 0.29) is 22.7 Å². The zero-order valence-electron chi connectivity index (χ0n) is 16.7. The van der Waals surface area contributed by atoms with Gasteiger partial charge in [0.05, 0.1) is 4.90 Å². The maximum atomic E-state index is 12.6. The maximum absolute atomic E-state index is 12.6. The zero-order valence-corrected chi connectivity index (χ0v) is 17.5. The van der Waals surface area contributed by atoms with Gasteiger partial charge in [-0.3, -0.25) is 8.98 Å². The van der Waals surface area contributed by atoms with Crippen LogP contribution in [0.25, 0.3) is 0 Å². The van der Waals surface area contributed by atoms with Gasteiger partial charge < -0.3 is 0 Å². The summed E-state index contributed by atoms with van der Waals surface area (Å²) in [6.45, 7) is 9.28. The highest BCUT2D eigenvalue weighted by Gasteiger charge is 2.33. The molecule has 0 amide bonds. The molecule has 0 aliphatic heterocycles. The summed E-state index contributed by atoms with van der Waals surface area (Å²) in [4.78, 5) is 12.6. The molecule has 0 spiro atoms. The van der Waals surface area contributed by atoms with Crippen LogP contribution < -0.4 is 0 Å². The first-order valence-corrected chi connectivity index (χ1v) is 10.9. The zero-order chi connectivity index (χ0) is 19.5. The number of hydrogen-bond acceptors (Lipinski definition) is 4. The minimum Gasteiger partial charge on any atom is -0.297 e. The number of Topliss-reactive ketones (excluding diaryl/α,β-unsaturated/α-hetero) is 1. The Morgan fingerprint density at radius 1 is 1.08 bits per heavy atom. The molecule has 5 heteroatoms. The number of carbonyl (C=O) groups excluding carboxylic acids is 1. The lowest BCUT2D eigenvalue weighted by Crippen LogP contribution is -2.30. The monoisotopic (exact) mass is 380 g/mol. The van der Waals surface area contributed by atoms with Crippen LogP contribution in [0.5, 0.6) is 0 Å². The van der Waals surface area contributed by atoms with E-state index in [0.29, 0.717) is 23.5 Å². The van der Waals surface area contributed by atoms with Crippen LogP contribution in [0.1, 0.15) is 69.1 Å². The van der Waals surface area contributed by atoms with Gasteiger partial charge in [-0.1, -0.05) is 50.8 Å². The summed E-state index contributed by atoms with van der Waals surface area (Å²) >= 11 is 0. The predicted molar refractivity (Wildman–Crippen MR) is 104 cm³/mol. The molecule has 1 aromatic carbocycles. The second kappa shape index (κ2) is 8.22. The number of hydrogen-bond donors (Lipinski definition) is 0. The van der Waals surface area contributed by atoms with Crippen molar-refractivity contribution in [2.24, 2.45) is 11.3 Å². The van der Waals surface area contributed by atoms with E-state index in [0.717, 1.165) is 18.4 Å². The molecular weight excluding hydrogens is 348 g/mol. The lowest BCUT2D eigenvalue weighted by atomic mass is 9.69. The molecule has 0 atom stereocenters.